The van der Waals surface area contributed by atoms with E-state index >= 15 is 0 Å². The number of carbonyl (C=O) groups is 1. The van der Waals surface area contributed by atoms with E-state index in [-0.39, 0.29) is 5.97 Å². The van der Waals surface area contributed by atoms with Crippen molar-refractivity contribution in [3.05, 3.63) is 18.2 Å². The first-order chi connectivity index (χ1) is 7.29. The zero-order valence-electron chi connectivity index (χ0n) is 10.2. The number of hydrogen-bond donors (Lipinski definition) is 1. The Hall–Kier alpha value is -1.36. The molecule has 1 rings (SSSR count). The van der Waals surface area contributed by atoms with Gasteiger partial charge in [0, 0.05) is 18.9 Å². The molecule has 5 heteroatoms. The van der Waals surface area contributed by atoms with Crippen LogP contribution >= 0.6 is 0 Å². The van der Waals surface area contributed by atoms with Crippen LogP contribution < -0.4 is 5.73 Å². The number of aryl methyl sites for hydroxylation is 1. The zero-order chi connectivity index (χ0) is 12.3. The van der Waals surface area contributed by atoms with Crippen LogP contribution in [0, 0.1) is 6.92 Å². The first-order valence-electron chi connectivity index (χ1n) is 5.26. The highest BCUT2D eigenvalue weighted by Gasteiger charge is 2.22. The molecule has 5 nitrogen and oxygen atoms in total. The van der Waals surface area contributed by atoms with Crippen molar-refractivity contribution < 1.29 is 9.53 Å². The molecule has 0 radical (unpaired) electrons. The van der Waals surface area contributed by atoms with Crippen LogP contribution in [-0.4, -0.2) is 27.2 Å². The number of esters is 1. The van der Waals surface area contributed by atoms with Gasteiger partial charge in [0.25, 0.3) is 0 Å². The topological polar surface area (TPSA) is 70.1 Å². The van der Waals surface area contributed by atoms with Crippen molar-refractivity contribution in [3.63, 3.8) is 0 Å². The summed E-state index contributed by atoms with van der Waals surface area (Å²) in [5.74, 6) is 0.444. The molecule has 90 valence electrons. The average molecular weight is 225 g/mol. The Labute approximate surface area is 95.6 Å². The van der Waals surface area contributed by atoms with Gasteiger partial charge in [-0.05, 0) is 27.7 Å². The van der Waals surface area contributed by atoms with E-state index in [9.17, 15) is 4.79 Å². The molecule has 1 aromatic rings. The predicted molar refractivity (Wildman–Crippen MR) is 60.8 cm³/mol. The number of imidazole rings is 1. The fraction of sp³-hybridized carbons (Fsp3) is 0.636. The van der Waals surface area contributed by atoms with Crippen LogP contribution in [0.1, 0.15) is 26.6 Å². The Kier molecular flexibility index (Phi) is 3.70. The summed E-state index contributed by atoms with van der Waals surface area (Å²) >= 11 is 0. The highest BCUT2D eigenvalue weighted by Crippen LogP contribution is 2.08. The number of aromatic nitrogens is 2. The fourth-order valence-corrected chi connectivity index (χ4v) is 1.26. The summed E-state index contributed by atoms with van der Waals surface area (Å²) in [6, 6.07) is -0.660. The largest absolute Gasteiger partial charge is 0.459 e. The Morgan fingerprint density at radius 3 is 2.69 bits per heavy atom. The molecule has 1 aromatic heterocycles. The zero-order valence-corrected chi connectivity index (χ0v) is 10.2. The summed E-state index contributed by atoms with van der Waals surface area (Å²) in [5.41, 5.74) is 5.26. The molecule has 0 aliphatic rings. The number of nitrogens with zero attached hydrogens (tertiary/aromatic N) is 2. The highest BCUT2D eigenvalue weighted by atomic mass is 16.6. The number of carbonyl (C=O) groups excluding carboxylic acids is 1. The molecule has 0 aliphatic heterocycles. The smallest absolute Gasteiger partial charge is 0.325 e. The Morgan fingerprint density at radius 2 is 2.25 bits per heavy atom. The van der Waals surface area contributed by atoms with Gasteiger partial charge in [-0.3, -0.25) is 4.79 Å². The van der Waals surface area contributed by atoms with E-state index in [4.69, 9.17) is 10.5 Å². The molecule has 1 unspecified atom stereocenters. The maximum atomic E-state index is 11.6. The molecule has 0 spiro atoms. The summed E-state index contributed by atoms with van der Waals surface area (Å²) < 4.78 is 7.02. The third-order valence-corrected chi connectivity index (χ3v) is 2.03. The minimum absolute atomic E-state index is 0.388. The standard InChI is InChI=1S/C11H19N3O2/c1-8-13-5-6-14(8)7-9(12)10(15)16-11(2,3)4/h5-6,9H,7,12H2,1-4H3. The summed E-state index contributed by atoms with van der Waals surface area (Å²) in [6.45, 7) is 7.71. The van der Waals surface area contributed by atoms with Gasteiger partial charge in [0.05, 0.1) is 0 Å². The van der Waals surface area contributed by atoms with Crippen molar-refractivity contribution in [2.24, 2.45) is 5.73 Å². The number of nitrogens with two attached hydrogens (primary N) is 1. The van der Waals surface area contributed by atoms with Gasteiger partial charge in [-0.25, -0.2) is 4.98 Å². The summed E-state index contributed by atoms with van der Waals surface area (Å²) in [6.07, 6.45) is 3.47. The van der Waals surface area contributed by atoms with Gasteiger partial charge >= 0.3 is 5.97 Å². The second-order valence-corrected chi connectivity index (χ2v) is 4.77. The van der Waals surface area contributed by atoms with Gasteiger partial charge in [-0.2, -0.15) is 0 Å². The molecular formula is C11H19N3O2. The van der Waals surface area contributed by atoms with Crippen LogP contribution in [0.2, 0.25) is 0 Å². The Balaban J connectivity index is 2.56. The second kappa shape index (κ2) is 4.65. The monoisotopic (exact) mass is 225 g/mol. The van der Waals surface area contributed by atoms with E-state index in [0.717, 1.165) is 5.82 Å². The molecule has 0 saturated heterocycles. The van der Waals surface area contributed by atoms with Crippen LogP contribution in [0.25, 0.3) is 0 Å². The molecule has 1 atom stereocenters. The quantitative estimate of drug-likeness (QED) is 0.774. The average Bonchev–Trinajstić information content (AvgIpc) is 2.49. The van der Waals surface area contributed by atoms with Crippen LogP contribution in [-0.2, 0) is 16.1 Å². The van der Waals surface area contributed by atoms with E-state index in [1.165, 1.54) is 0 Å². The minimum atomic E-state index is -0.660. The lowest BCUT2D eigenvalue weighted by atomic mass is 10.2. The second-order valence-electron chi connectivity index (χ2n) is 4.77. The molecule has 1 heterocycles. The first kappa shape index (κ1) is 12.7. The van der Waals surface area contributed by atoms with Crippen LogP contribution in [0.15, 0.2) is 12.4 Å². The molecule has 0 fully saturated rings. The number of hydrogen-bond acceptors (Lipinski definition) is 4. The van der Waals surface area contributed by atoms with Crippen molar-refractivity contribution in [2.45, 2.75) is 45.9 Å². The number of rotatable bonds is 3. The van der Waals surface area contributed by atoms with Crippen LogP contribution in [0.4, 0.5) is 0 Å². The third kappa shape index (κ3) is 3.66. The predicted octanol–water partition coefficient (Wildman–Crippen LogP) is 0.861. The SMILES string of the molecule is Cc1nccn1CC(N)C(=O)OC(C)(C)C. The Morgan fingerprint density at radius 1 is 1.62 bits per heavy atom. The third-order valence-electron chi connectivity index (χ3n) is 2.03. The number of ether oxygens (including phenoxy) is 1. The van der Waals surface area contributed by atoms with Crippen molar-refractivity contribution in [3.8, 4) is 0 Å². The van der Waals surface area contributed by atoms with Crippen molar-refractivity contribution >= 4 is 5.97 Å². The van der Waals surface area contributed by atoms with Crippen LogP contribution in [0.3, 0.4) is 0 Å². The molecule has 0 bridgehead atoms. The molecule has 0 aliphatic carbocycles. The van der Waals surface area contributed by atoms with Crippen molar-refractivity contribution in [1.29, 1.82) is 0 Å². The van der Waals surface area contributed by atoms with Crippen molar-refractivity contribution in [2.75, 3.05) is 0 Å². The lowest BCUT2D eigenvalue weighted by Crippen LogP contribution is -2.40. The summed E-state index contributed by atoms with van der Waals surface area (Å²) in [5, 5.41) is 0. The van der Waals surface area contributed by atoms with E-state index in [0.29, 0.717) is 6.54 Å². The summed E-state index contributed by atoms with van der Waals surface area (Å²) in [7, 11) is 0. The van der Waals surface area contributed by atoms with E-state index < -0.39 is 11.6 Å². The molecule has 0 saturated carbocycles. The first-order valence-corrected chi connectivity index (χ1v) is 5.26. The summed E-state index contributed by atoms with van der Waals surface area (Å²) in [4.78, 5) is 15.7. The van der Waals surface area contributed by atoms with E-state index in [1.54, 1.807) is 12.4 Å². The normalized spacial score (nSPS) is 13.6. The highest BCUT2D eigenvalue weighted by molar-refractivity contribution is 5.75. The van der Waals surface area contributed by atoms with Gasteiger partial charge in [0.2, 0.25) is 0 Å². The van der Waals surface area contributed by atoms with Crippen LogP contribution in [0.5, 0.6) is 0 Å². The molecule has 16 heavy (non-hydrogen) atoms. The lowest BCUT2D eigenvalue weighted by molar-refractivity contribution is -0.156. The molecule has 2 N–H and O–H groups in total. The van der Waals surface area contributed by atoms with Crippen molar-refractivity contribution in [1.82, 2.24) is 9.55 Å². The fourth-order valence-electron chi connectivity index (χ4n) is 1.26. The Bertz CT molecular complexity index is 366. The van der Waals surface area contributed by atoms with E-state index in [2.05, 4.69) is 4.98 Å². The van der Waals surface area contributed by atoms with Gasteiger partial charge in [0.15, 0.2) is 0 Å². The lowest BCUT2D eigenvalue weighted by Gasteiger charge is -2.22. The minimum Gasteiger partial charge on any atom is -0.459 e. The van der Waals surface area contributed by atoms with Gasteiger partial charge < -0.3 is 15.0 Å². The maximum absolute atomic E-state index is 11.6. The van der Waals surface area contributed by atoms with Gasteiger partial charge in [-0.15, -0.1) is 0 Å². The molecule has 0 aromatic carbocycles. The maximum Gasteiger partial charge on any atom is 0.325 e. The van der Waals surface area contributed by atoms with E-state index in [1.807, 2.05) is 32.3 Å². The van der Waals surface area contributed by atoms with Gasteiger partial charge in [-0.1, -0.05) is 0 Å². The molecule has 0 amide bonds. The van der Waals surface area contributed by atoms with Gasteiger partial charge in [0.1, 0.15) is 17.5 Å². The molecular weight excluding hydrogens is 206 g/mol.